The molecule has 0 aliphatic carbocycles. The summed E-state index contributed by atoms with van der Waals surface area (Å²) in [5, 5.41) is 20.5. The zero-order chi connectivity index (χ0) is 16.9. The minimum Gasteiger partial charge on any atom is -0.435 e. The summed E-state index contributed by atoms with van der Waals surface area (Å²) in [5.74, 6) is 0.00807. The van der Waals surface area contributed by atoms with Crippen LogP contribution in [0.2, 0.25) is 0 Å². The van der Waals surface area contributed by atoms with Crippen molar-refractivity contribution in [1.82, 2.24) is 20.0 Å². The van der Waals surface area contributed by atoms with Crippen LogP contribution < -0.4 is 10.1 Å². The van der Waals surface area contributed by atoms with E-state index < -0.39 is 6.61 Å². The highest BCUT2D eigenvalue weighted by molar-refractivity contribution is 5.94. The van der Waals surface area contributed by atoms with Gasteiger partial charge in [0.2, 0.25) is 0 Å². The first-order valence-corrected chi connectivity index (χ1v) is 7.03. The number of anilines is 1. The Bertz CT molecular complexity index is 876. The van der Waals surface area contributed by atoms with E-state index in [9.17, 15) is 14.0 Å². The van der Waals surface area contributed by atoms with Gasteiger partial charge in [-0.15, -0.1) is 5.10 Å². The van der Waals surface area contributed by atoms with Crippen LogP contribution >= 0.6 is 0 Å². The van der Waals surface area contributed by atoms with Gasteiger partial charge in [-0.2, -0.15) is 14.0 Å². The third-order valence-corrected chi connectivity index (χ3v) is 3.30. The molecule has 1 aromatic carbocycles. The van der Waals surface area contributed by atoms with Gasteiger partial charge in [-0.1, -0.05) is 5.21 Å². The van der Waals surface area contributed by atoms with Crippen LogP contribution in [0.15, 0.2) is 36.8 Å². The van der Waals surface area contributed by atoms with Gasteiger partial charge in [-0.3, -0.25) is 9.67 Å². The Morgan fingerprint density at radius 2 is 2.25 bits per heavy atom. The largest absolute Gasteiger partial charge is 0.435 e. The van der Waals surface area contributed by atoms with E-state index in [4.69, 9.17) is 0 Å². The van der Waals surface area contributed by atoms with Gasteiger partial charge < -0.3 is 10.1 Å². The highest BCUT2D eigenvalue weighted by Gasteiger charge is 2.11. The molecule has 3 aromatic rings. The number of pyridine rings is 1. The molecular weight excluding hydrogens is 318 g/mol. The second-order valence-electron chi connectivity index (χ2n) is 4.81. The Labute approximate surface area is 135 Å². The molecule has 0 bridgehead atoms. The maximum absolute atomic E-state index is 12.4. The van der Waals surface area contributed by atoms with Crippen molar-refractivity contribution >= 4 is 16.6 Å². The van der Waals surface area contributed by atoms with E-state index in [1.807, 2.05) is 6.07 Å². The molecule has 2 heterocycles. The van der Waals surface area contributed by atoms with Crippen LogP contribution in [0.25, 0.3) is 10.9 Å². The Hall–Kier alpha value is -3.28. The lowest BCUT2D eigenvalue weighted by molar-refractivity contribution is -0.0497. The summed E-state index contributed by atoms with van der Waals surface area (Å²) < 4.78 is 30.9. The van der Waals surface area contributed by atoms with Gasteiger partial charge in [0.25, 0.3) is 0 Å². The van der Waals surface area contributed by atoms with Crippen LogP contribution in [0.1, 0.15) is 5.56 Å². The first kappa shape index (κ1) is 15.6. The monoisotopic (exact) mass is 330 g/mol. The highest BCUT2D eigenvalue weighted by Crippen LogP contribution is 2.29. The molecule has 9 heteroatoms. The number of benzene rings is 1. The first-order valence-electron chi connectivity index (χ1n) is 7.03. The van der Waals surface area contributed by atoms with Gasteiger partial charge in [-0.25, -0.2) is 0 Å². The van der Waals surface area contributed by atoms with E-state index in [0.29, 0.717) is 35.2 Å². The molecule has 7 nitrogen and oxygen atoms in total. The Morgan fingerprint density at radius 3 is 2.96 bits per heavy atom. The summed E-state index contributed by atoms with van der Waals surface area (Å²) in [7, 11) is 0. The Kier molecular flexibility index (Phi) is 4.47. The number of hydrogen-bond donors (Lipinski definition) is 1. The maximum Gasteiger partial charge on any atom is 0.387 e. The number of rotatable bonds is 6. The van der Waals surface area contributed by atoms with E-state index in [1.54, 1.807) is 23.1 Å². The topological polar surface area (TPSA) is 88.6 Å². The zero-order valence-corrected chi connectivity index (χ0v) is 12.4. The minimum absolute atomic E-state index is 0.00807. The van der Waals surface area contributed by atoms with Gasteiger partial charge in [0.1, 0.15) is 11.8 Å². The molecule has 0 aliphatic heterocycles. The molecule has 3 rings (SSSR count). The Morgan fingerprint density at radius 1 is 1.38 bits per heavy atom. The molecule has 2 aromatic heterocycles. The summed E-state index contributed by atoms with van der Waals surface area (Å²) in [6.45, 7) is -1.92. The molecule has 122 valence electrons. The third kappa shape index (κ3) is 3.38. The molecule has 0 saturated heterocycles. The molecule has 0 fully saturated rings. The number of fused-ring (bicyclic) bond motifs is 1. The average Bonchev–Trinajstić information content (AvgIpc) is 3.08. The van der Waals surface area contributed by atoms with E-state index in [-0.39, 0.29) is 5.75 Å². The van der Waals surface area contributed by atoms with Gasteiger partial charge in [0.05, 0.1) is 29.5 Å². The molecule has 0 amide bonds. The standard InChI is InChI=1S/C15H12F2N6O/c16-15(17)24-11-1-2-13-12(7-11)14(10(8-18)9-20-13)19-3-5-23-6-4-21-22-23/h1-2,4,6-7,9,15H,3,5H2,(H,19,20). The van der Waals surface area contributed by atoms with E-state index >= 15 is 0 Å². The summed E-state index contributed by atoms with van der Waals surface area (Å²) in [6.07, 6.45) is 4.72. The predicted octanol–water partition coefficient (Wildman–Crippen LogP) is 2.41. The fourth-order valence-electron chi connectivity index (χ4n) is 2.27. The summed E-state index contributed by atoms with van der Waals surface area (Å²) in [5.41, 5.74) is 1.40. The Balaban J connectivity index is 1.91. The normalized spacial score (nSPS) is 10.8. The lowest BCUT2D eigenvalue weighted by Crippen LogP contribution is -2.12. The highest BCUT2D eigenvalue weighted by atomic mass is 19.3. The first-order chi connectivity index (χ1) is 11.7. The predicted molar refractivity (Wildman–Crippen MR) is 81.6 cm³/mol. The zero-order valence-electron chi connectivity index (χ0n) is 12.4. The number of aromatic nitrogens is 4. The smallest absolute Gasteiger partial charge is 0.387 e. The molecule has 0 radical (unpaired) electrons. The number of nitrogens with zero attached hydrogens (tertiary/aromatic N) is 5. The number of hydrogen-bond acceptors (Lipinski definition) is 6. The van der Waals surface area contributed by atoms with Crippen molar-refractivity contribution in [3.8, 4) is 11.8 Å². The van der Waals surface area contributed by atoms with Crippen molar-refractivity contribution in [2.45, 2.75) is 13.2 Å². The quantitative estimate of drug-likeness (QED) is 0.746. The van der Waals surface area contributed by atoms with Crippen LogP contribution in [0.4, 0.5) is 14.5 Å². The SMILES string of the molecule is N#Cc1cnc2ccc(OC(F)F)cc2c1NCCn1ccnn1. The molecule has 1 N–H and O–H groups in total. The van der Waals surface area contributed by atoms with Crippen LogP contribution in [0.3, 0.4) is 0 Å². The van der Waals surface area contributed by atoms with Crippen molar-refractivity contribution in [3.05, 3.63) is 42.4 Å². The third-order valence-electron chi connectivity index (χ3n) is 3.30. The van der Waals surface area contributed by atoms with E-state index in [1.165, 1.54) is 18.3 Å². The van der Waals surface area contributed by atoms with Crippen molar-refractivity contribution in [2.75, 3.05) is 11.9 Å². The van der Waals surface area contributed by atoms with Gasteiger partial charge in [-0.05, 0) is 18.2 Å². The lowest BCUT2D eigenvalue weighted by atomic mass is 10.1. The fourth-order valence-corrected chi connectivity index (χ4v) is 2.27. The minimum atomic E-state index is -2.92. The molecule has 0 atom stereocenters. The van der Waals surface area contributed by atoms with Crippen LogP contribution in [0.5, 0.6) is 5.75 Å². The average molecular weight is 330 g/mol. The fraction of sp³-hybridized carbons (Fsp3) is 0.200. The van der Waals surface area contributed by atoms with Crippen molar-refractivity contribution in [1.29, 1.82) is 5.26 Å². The molecule has 0 aliphatic rings. The maximum atomic E-state index is 12.4. The lowest BCUT2D eigenvalue weighted by Gasteiger charge is -2.12. The molecule has 0 unspecified atom stereocenters. The second-order valence-corrected chi connectivity index (χ2v) is 4.81. The van der Waals surface area contributed by atoms with E-state index in [2.05, 4.69) is 25.3 Å². The van der Waals surface area contributed by atoms with Crippen molar-refractivity contribution in [2.24, 2.45) is 0 Å². The van der Waals surface area contributed by atoms with Gasteiger partial charge in [0.15, 0.2) is 0 Å². The van der Waals surface area contributed by atoms with Crippen LogP contribution in [-0.4, -0.2) is 33.1 Å². The molecule has 0 spiro atoms. The number of nitriles is 1. The van der Waals surface area contributed by atoms with Gasteiger partial charge in [0, 0.05) is 24.3 Å². The number of alkyl halides is 2. The molecular formula is C15H12F2N6O. The van der Waals surface area contributed by atoms with Crippen LogP contribution in [-0.2, 0) is 6.54 Å². The van der Waals surface area contributed by atoms with Crippen molar-refractivity contribution < 1.29 is 13.5 Å². The second kappa shape index (κ2) is 6.87. The summed E-state index contributed by atoms with van der Waals surface area (Å²) >= 11 is 0. The summed E-state index contributed by atoms with van der Waals surface area (Å²) in [6, 6.07) is 6.46. The molecule has 24 heavy (non-hydrogen) atoms. The number of halogens is 2. The van der Waals surface area contributed by atoms with Crippen molar-refractivity contribution in [3.63, 3.8) is 0 Å². The van der Waals surface area contributed by atoms with E-state index in [0.717, 1.165) is 0 Å². The van der Waals surface area contributed by atoms with Gasteiger partial charge >= 0.3 is 6.61 Å². The summed E-state index contributed by atoms with van der Waals surface area (Å²) in [4.78, 5) is 4.16. The number of nitrogens with one attached hydrogen (secondary N) is 1. The molecule has 0 saturated carbocycles. The number of ether oxygens (including phenoxy) is 1. The van der Waals surface area contributed by atoms with Crippen LogP contribution in [0, 0.1) is 11.3 Å².